The molecule has 3 heteroatoms. The van der Waals surface area contributed by atoms with Gasteiger partial charge in [-0.05, 0) is 50.9 Å². The molecule has 0 saturated carbocycles. The maximum atomic E-state index is 5.70. The van der Waals surface area contributed by atoms with Crippen LogP contribution in [-0.2, 0) is 0 Å². The second-order valence-electron chi connectivity index (χ2n) is 5.77. The molecule has 0 aliphatic carbocycles. The lowest BCUT2D eigenvalue weighted by Gasteiger charge is -2.31. The first-order chi connectivity index (χ1) is 7.03. The Hall–Kier alpha value is -0.120. The van der Waals surface area contributed by atoms with Crippen LogP contribution in [0.3, 0.4) is 0 Å². The van der Waals surface area contributed by atoms with Gasteiger partial charge in [0, 0.05) is 13.1 Å². The Bertz CT molecular complexity index is 180. The maximum Gasteiger partial charge on any atom is 0.00187 e. The summed E-state index contributed by atoms with van der Waals surface area (Å²) in [6, 6.07) is 0. The van der Waals surface area contributed by atoms with Gasteiger partial charge in [-0.1, -0.05) is 13.8 Å². The summed E-state index contributed by atoms with van der Waals surface area (Å²) in [5.74, 6) is 0.831. The molecule has 1 saturated heterocycles. The van der Waals surface area contributed by atoms with E-state index in [0.717, 1.165) is 25.6 Å². The van der Waals surface area contributed by atoms with Crippen LogP contribution in [0.1, 0.15) is 26.7 Å². The molecule has 1 unspecified atom stereocenters. The van der Waals surface area contributed by atoms with Gasteiger partial charge in [-0.3, -0.25) is 0 Å². The van der Waals surface area contributed by atoms with Gasteiger partial charge in [0.25, 0.3) is 0 Å². The van der Waals surface area contributed by atoms with Gasteiger partial charge in [0.05, 0.1) is 0 Å². The minimum atomic E-state index is 0.237. The molecule has 1 aliphatic rings. The molecule has 3 N–H and O–H groups in total. The SMILES string of the molecule is CN1CCCC(CNCC(C)(C)CN)C1. The van der Waals surface area contributed by atoms with Crippen molar-refractivity contribution >= 4 is 0 Å². The summed E-state index contributed by atoms with van der Waals surface area (Å²) >= 11 is 0. The molecule has 0 bridgehead atoms. The molecule has 0 aromatic rings. The van der Waals surface area contributed by atoms with Gasteiger partial charge in [0.1, 0.15) is 0 Å². The van der Waals surface area contributed by atoms with Crippen molar-refractivity contribution in [1.29, 1.82) is 0 Å². The molecule has 1 heterocycles. The van der Waals surface area contributed by atoms with Crippen LogP contribution >= 0.6 is 0 Å². The van der Waals surface area contributed by atoms with Crippen molar-refractivity contribution in [2.45, 2.75) is 26.7 Å². The second kappa shape index (κ2) is 5.83. The van der Waals surface area contributed by atoms with E-state index in [1.165, 1.54) is 25.9 Å². The van der Waals surface area contributed by atoms with E-state index in [9.17, 15) is 0 Å². The number of nitrogens with one attached hydrogen (secondary N) is 1. The molecular formula is C12H27N3. The predicted octanol–water partition coefficient (Wildman–Crippen LogP) is 0.903. The van der Waals surface area contributed by atoms with Gasteiger partial charge in [-0.25, -0.2) is 0 Å². The Kier molecular flexibility index (Phi) is 5.03. The van der Waals surface area contributed by atoms with Gasteiger partial charge in [0.15, 0.2) is 0 Å². The molecule has 3 nitrogen and oxygen atoms in total. The molecule has 15 heavy (non-hydrogen) atoms. The average molecular weight is 213 g/mol. The molecule has 0 aromatic carbocycles. The molecule has 0 aromatic heterocycles. The highest BCUT2D eigenvalue weighted by Crippen LogP contribution is 2.15. The Morgan fingerprint density at radius 1 is 1.47 bits per heavy atom. The fraction of sp³-hybridized carbons (Fsp3) is 1.00. The molecule has 1 fully saturated rings. The number of nitrogens with zero attached hydrogens (tertiary/aromatic N) is 1. The molecule has 0 amide bonds. The van der Waals surface area contributed by atoms with E-state index < -0.39 is 0 Å². The third-order valence-corrected chi connectivity index (χ3v) is 3.31. The van der Waals surface area contributed by atoms with Crippen LogP contribution < -0.4 is 11.1 Å². The van der Waals surface area contributed by atoms with Crippen molar-refractivity contribution in [1.82, 2.24) is 10.2 Å². The summed E-state index contributed by atoms with van der Waals surface area (Å²) in [6.45, 7) is 9.88. The third-order valence-electron chi connectivity index (χ3n) is 3.31. The lowest BCUT2D eigenvalue weighted by atomic mass is 9.93. The van der Waals surface area contributed by atoms with Gasteiger partial charge in [0.2, 0.25) is 0 Å². The average Bonchev–Trinajstić information content (AvgIpc) is 2.18. The molecule has 1 atom stereocenters. The Morgan fingerprint density at radius 3 is 2.80 bits per heavy atom. The molecule has 90 valence electrons. The second-order valence-corrected chi connectivity index (χ2v) is 5.77. The first-order valence-corrected chi connectivity index (χ1v) is 6.13. The minimum Gasteiger partial charge on any atom is -0.330 e. The highest BCUT2D eigenvalue weighted by molar-refractivity contribution is 4.76. The van der Waals surface area contributed by atoms with Crippen LogP contribution in [0.15, 0.2) is 0 Å². The molecular weight excluding hydrogens is 186 g/mol. The summed E-state index contributed by atoms with van der Waals surface area (Å²) in [6.07, 6.45) is 2.73. The van der Waals surface area contributed by atoms with Crippen LogP contribution in [0.4, 0.5) is 0 Å². The summed E-state index contributed by atoms with van der Waals surface area (Å²) in [7, 11) is 2.22. The fourth-order valence-electron chi connectivity index (χ4n) is 2.13. The van der Waals surface area contributed by atoms with Crippen LogP contribution in [0.25, 0.3) is 0 Å². The number of piperidine rings is 1. The van der Waals surface area contributed by atoms with Crippen molar-refractivity contribution in [3.05, 3.63) is 0 Å². The Balaban J connectivity index is 2.14. The zero-order valence-electron chi connectivity index (χ0n) is 10.6. The van der Waals surface area contributed by atoms with E-state index in [1.807, 2.05) is 0 Å². The van der Waals surface area contributed by atoms with E-state index in [0.29, 0.717) is 0 Å². The summed E-state index contributed by atoms with van der Waals surface area (Å²) in [5.41, 5.74) is 5.94. The van der Waals surface area contributed by atoms with Gasteiger partial charge in [-0.2, -0.15) is 0 Å². The Labute approximate surface area is 94.4 Å². The van der Waals surface area contributed by atoms with Crippen molar-refractivity contribution in [2.24, 2.45) is 17.1 Å². The van der Waals surface area contributed by atoms with Gasteiger partial charge in [-0.15, -0.1) is 0 Å². The van der Waals surface area contributed by atoms with Crippen LogP contribution in [0, 0.1) is 11.3 Å². The molecule has 1 rings (SSSR count). The monoisotopic (exact) mass is 213 g/mol. The molecule has 1 aliphatic heterocycles. The van der Waals surface area contributed by atoms with Crippen LogP contribution in [0.2, 0.25) is 0 Å². The Morgan fingerprint density at radius 2 is 2.20 bits per heavy atom. The quantitative estimate of drug-likeness (QED) is 0.713. The normalized spacial score (nSPS) is 24.4. The number of hydrogen-bond acceptors (Lipinski definition) is 3. The number of nitrogens with two attached hydrogens (primary N) is 1. The molecule has 0 radical (unpaired) electrons. The summed E-state index contributed by atoms with van der Waals surface area (Å²) in [5, 5.41) is 3.56. The van der Waals surface area contributed by atoms with Crippen molar-refractivity contribution in [3.8, 4) is 0 Å². The highest BCUT2D eigenvalue weighted by atomic mass is 15.1. The zero-order valence-corrected chi connectivity index (χ0v) is 10.6. The fourth-order valence-corrected chi connectivity index (χ4v) is 2.13. The maximum absolute atomic E-state index is 5.70. The molecule has 0 spiro atoms. The summed E-state index contributed by atoms with van der Waals surface area (Å²) in [4.78, 5) is 2.43. The van der Waals surface area contributed by atoms with Crippen LogP contribution in [-0.4, -0.2) is 44.7 Å². The topological polar surface area (TPSA) is 41.3 Å². The lowest BCUT2D eigenvalue weighted by Crippen LogP contribution is -2.41. The standard InChI is InChI=1S/C12H27N3/c1-12(2,9-13)10-14-7-11-5-4-6-15(3)8-11/h11,14H,4-10,13H2,1-3H3. The van der Waals surface area contributed by atoms with E-state index in [4.69, 9.17) is 5.73 Å². The minimum absolute atomic E-state index is 0.237. The van der Waals surface area contributed by atoms with E-state index >= 15 is 0 Å². The van der Waals surface area contributed by atoms with Crippen molar-refractivity contribution in [3.63, 3.8) is 0 Å². The van der Waals surface area contributed by atoms with Gasteiger partial charge >= 0.3 is 0 Å². The van der Waals surface area contributed by atoms with Gasteiger partial charge < -0.3 is 16.0 Å². The number of likely N-dealkylation sites (tertiary alicyclic amines) is 1. The van der Waals surface area contributed by atoms with Crippen molar-refractivity contribution in [2.75, 3.05) is 39.8 Å². The smallest absolute Gasteiger partial charge is 0.00187 e. The van der Waals surface area contributed by atoms with Crippen LogP contribution in [0.5, 0.6) is 0 Å². The first kappa shape index (κ1) is 12.9. The largest absolute Gasteiger partial charge is 0.330 e. The van der Waals surface area contributed by atoms with E-state index in [-0.39, 0.29) is 5.41 Å². The number of rotatable bonds is 5. The highest BCUT2D eigenvalue weighted by Gasteiger charge is 2.19. The summed E-state index contributed by atoms with van der Waals surface area (Å²) < 4.78 is 0. The van der Waals surface area contributed by atoms with E-state index in [1.54, 1.807) is 0 Å². The number of hydrogen-bond donors (Lipinski definition) is 2. The predicted molar refractivity (Wildman–Crippen MR) is 65.9 cm³/mol. The lowest BCUT2D eigenvalue weighted by molar-refractivity contribution is 0.201. The zero-order chi connectivity index (χ0) is 11.3. The van der Waals surface area contributed by atoms with E-state index in [2.05, 4.69) is 31.1 Å². The first-order valence-electron chi connectivity index (χ1n) is 6.13. The third kappa shape index (κ3) is 4.96. The van der Waals surface area contributed by atoms with Crippen molar-refractivity contribution < 1.29 is 0 Å².